The van der Waals surface area contributed by atoms with Gasteiger partial charge in [0, 0.05) is 52.6 Å². The molecule has 2 aliphatic heterocycles. The lowest BCUT2D eigenvalue weighted by atomic mass is 10.0. The summed E-state index contributed by atoms with van der Waals surface area (Å²) in [6.07, 6.45) is 0.520. The molecule has 0 spiro atoms. The highest BCUT2D eigenvalue weighted by molar-refractivity contribution is 14.1. The first kappa shape index (κ1) is 16.8. The van der Waals surface area contributed by atoms with Gasteiger partial charge in [-0.15, -0.1) is 0 Å². The van der Waals surface area contributed by atoms with Crippen LogP contribution in [0, 0.1) is 0 Å². The Kier molecular flexibility index (Phi) is 4.81. The van der Waals surface area contributed by atoms with Gasteiger partial charge < -0.3 is 10.2 Å². The predicted octanol–water partition coefficient (Wildman–Crippen LogP) is 0.326. The number of piperidine rings is 1. The third-order valence-corrected chi connectivity index (χ3v) is 4.46. The fourth-order valence-corrected chi connectivity index (χ4v) is 3.30. The van der Waals surface area contributed by atoms with Crippen LogP contribution >= 0.6 is 22.9 Å². The van der Waals surface area contributed by atoms with Crippen LogP contribution < -0.4 is 14.2 Å². The Balaban J connectivity index is 1.83. The molecule has 126 valence electrons. The number of carbonyl (C=O) groups excluding carboxylic acids is 4. The molecule has 24 heavy (non-hydrogen) atoms. The first-order valence-corrected chi connectivity index (χ1v) is 8.49. The topological polar surface area (TPSA) is 108 Å². The van der Waals surface area contributed by atoms with Crippen molar-refractivity contribution in [1.82, 2.24) is 13.7 Å². The summed E-state index contributed by atoms with van der Waals surface area (Å²) in [5.74, 6) is -1.25. The van der Waals surface area contributed by atoms with Gasteiger partial charge in [0.1, 0.15) is 6.04 Å². The minimum absolute atomic E-state index is 0.148. The third kappa shape index (κ3) is 3.13. The standard InChI is InChI=1S/C15H15IN4O4/c16-17-6-13(22)18-10-3-1-2-8-9(10)7-20(15(8)24)11-4-5-12(21)19-14(11)23/h1-3,11,17H,4-7H2,(H,18,22)(H,19,21,23). The molecule has 9 heteroatoms. The van der Waals surface area contributed by atoms with Crippen molar-refractivity contribution in [1.29, 1.82) is 0 Å². The highest BCUT2D eigenvalue weighted by Gasteiger charge is 2.39. The first-order chi connectivity index (χ1) is 11.5. The van der Waals surface area contributed by atoms with E-state index in [4.69, 9.17) is 0 Å². The molecular formula is C15H15IN4O4. The quantitative estimate of drug-likeness (QED) is 0.354. The summed E-state index contributed by atoms with van der Waals surface area (Å²) in [6, 6.07) is 4.43. The van der Waals surface area contributed by atoms with E-state index in [-0.39, 0.29) is 37.2 Å². The summed E-state index contributed by atoms with van der Waals surface area (Å²) in [4.78, 5) is 49.2. The van der Waals surface area contributed by atoms with Crippen molar-refractivity contribution in [2.24, 2.45) is 0 Å². The van der Waals surface area contributed by atoms with Crippen molar-refractivity contribution >= 4 is 52.2 Å². The maximum Gasteiger partial charge on any atom is 0.255 e. The summed E-state index contributed by atoms with van der Waals surface area (Å²) >= 11 is 1.88. The molecule has 0 radical (unpaired) electrons. The van der Waals surface area contributed by atoms with Crippen molar-refractivity contribution in [2.75, 3.05) is 11.9 Å². The van der Waals surface area contributed by atoms with E-state index in [0.29, 0.717) is 23.2 Å². The van der Waals surface area contributed by atoms with Gasteiger partial charge in [0.25, 0.3) is 5.91 Å². The number of anilines is 1. The molecule has 3 rings (SSSR count). The molecule has 2 aliphatic rings. The zero-order chi connectivity index (χ0) is 17.3. The van der Waals surface area contributed by atoms with Gasteiger partial charge in [-0.1, -0.05) is 6.07 Å². The summed E-state index contributed by atoms with van der Waals surface area (Å²) in [7, 11) is 0. The molecule has 1 aromatic carbocycles. The normalized spacial score (nSPS) is 20.0. The number of rotatable bonds is 4. The number of halogens is 1. The van der Waals surface area contributed by atoms with Gasteiger partial charge in [0.2, 0.25) is 17.7 Å². The van der Waals surface area contributed by atoms with E-state index in [2.05, 4.69) is 14.2 Å². The Bertz CT molecular complexity index is 736. The molecule has 1 saturated heterocycles. The second-order valence-electron chi connectivity index (χ2n) is 5.59. The molecule has 0 saturated carbocycles. The molecule has 8 nitrogen and oxygen atoms in total. The second kappa shape index (κ2) is 6.85. The molecule has 1 atom stereocenters. The third-order valence-electron chi connectivity index (χ3n) is 4.08. The Morgan fingerprint density at radius 3 is 2.83 bits per heavy atom. The summed E-state index contributed by atoms with van der Waals surface area (Å²) in [6.45, 7) is 0.379. The number of imide groups is 1. The smallest absolute Gasteiger partial charge is 0.255 e. The van der Waals surface area contributed by atoms with E-state index in [1.54, 1.807) is 18.2 Å². The number of fused-ring (bicyclic) bond motifs is 1. The van der Waals surface area contributed by atoms with Crippen LogP contribution in [0.4, 0.5) is 5.69 Å². The monoisotopic (exact) mass is 442 g/mol. The van der Waals surface area contributed by atoms with Crippen LogP contribution in [0.1, 0.15) is 28.8 Å². The van der Waals surface area contributed by atoms with Crippen LogP contribution in [-0.4, -0.2) is 41.1 Å². The molecule has 0 aliphatic carbocycles. The SMILES string of the molecule is O=C1CCC(N2Cc3c(NC(=O)CNI)cccc3C2=O)C(=O)N1. The zero-order valence-electron chi connectivity index (χ0n) is 12.6. The predicted molar refractivity (Wildman–Crippen MR) is 93.1 cm³/mol. The molecule has 3 N–H and O–H groups in total. The van der Waals surface area contributed by atoms with E-state index in [9.17, 15) is 19.2 Å². The highest BCUT2D eigenvalue weighted by Crippen LogP contribution is 2.32. The molecule has 0 bridgehead atoms. The molecular weight excluding hydrogens is 427 g/mol. The van der Waals surface area contributed by atoms with E-state index in [1.165, 1.54) is 4.90 Å². The average Bonchev–Trinajstić information content (AvgIpc) is 2.86. The molecule has 1 fully saturated rings. The second-order valence-corrected chi connectivity index (χ2v) is 6.35. The number of benzene rings is 1. The van der Waals surface area contributed by atoms with Gasteiger partial charge in [-0.2, -0.15) is 0 Å². The number of nitrogens with one attached hydrogen (secondary N) is 3. The average molecular weight is 442 g/mol. The zero-order valence-corrected chi connectivity index (χ0v) is 14.8. The Morgan fingerprint density at radius 2 is 2.12 bits per heavy atom. The lowest BCUT2D eigenvalue weighted by Crippen LogP contribution is -2.52. The molecule has 2 heterocycles. The Hall–Kier alpha value is -2.01. The fraction of sp³-hybridized carbons (Fsp3) is 0.333. The van der Waals surface area contributed by atoms with Gasteiger partial charge in [-0.3, -0.25) is 28.0 Å². The van der Waals surface area contributed by atoms with Crippen molar-refractivity contribution in [3.05, 3.63) is 29.3 Å². The van der Waals surface area contributed by atoms with Crippen LogP contribution in [0.2, 0.25) is 0 Å². The van der Waals surface area contributed by atoms with Crippen molar-refractivity contribution in [3.63, 3.8) is 0 Å². The highest BCUT2D eigenvalue weighted by atomic mass is 127. The largest absolute Gasteiger partial charge is 0.325 e. The summed E-state index contributed by atoms with van der Waals surface area (Å²) in [5, 5.41) is 5.03. The van der Waals surface area contributed by atoms with E-state index >= 15 is 0 Å². The van der Waals surface area contributed by atoms with Gasteiger partial charge in [-0.25, -0.2) is 0 Å². The summed E-state index contributed by atoms with van der Waals surface area (Å²) < 4.78 is 2.73. The van der Waals surface area contributed by atoms with Crippen molar-refractivity contribution in [3.8, 4) is 0 Å². The van der Waals surface area contributed by atoms with Crippen LogP contribution in [0.25, 0.3) is 0 Å². The molecule has 1 aromatic rings. The fourth-order valence-electron chi connectivity index (χ4n) is 2.96. The Morgan fingerprint density at radius 1 is 1.33 bits per heavy atom. The van der Waals surface area contributed by atoms with Crippen molar-refractivity contribution < 1.29 is 19.2 Å². The lowest BCUT2D eigenvalue weighted by Gasteiger charge is -2.29. The minimum atomic E-state index is -0.665. The number of carbonyl (C=O) groups is 4. The van der Waals surface area contributed by atoms with Crippen LogP contribution in [0.15, 0.2) is 18.2 Å². The first-order valence-electron chi connectivity index (χ1n) is 7.41. The molecule has 4 amide bonds. The van der Waals surface area contributed by atoms with Gasteiger partial charge >= 0.3 is 0 Å². The minimum Gasteiger partial charge on any atom is -0.325 e. The maximum absolute atomic E-state index is 12.6. The van der Waals surface area contributed by atoms with Crippen LogP contribution in [-0.2, 0) is 20.9 Å². The molecule has 0 aromatic heterocycles. The number of hydrogen-bond donors (Lipinski definition) is 3. The summed E-state index contributed by atoms with van der Waals surface area (Å²) in [5.41, 5.74) is 1.72. The number of amides is 4. The van der Waals surface area contributed by atoms with Gasteiger partial charge in [0.05, 0.1) is 6.54 Å². The van der Waals surface area contributed by atoms with Crippen LogP contribution in [0.3, 0.4) is 0 Å². The van der Waals surface area contributed by atoms with Gasteiger partial charge in [-0.05, 0) is 18.6 Å². The van der Waals surface area contributed by atoms with E-state index in [0.717, 1.165) is 0 Å². The number of hydrogen-bond acceptors (Lipinski definition) is 5. The number of nitrogens with zero attached hydrogens (tertiary/aromatic N) is 1. The van der Waals surface area contributed by atoms with Gasteiger partial charge in [0.15, 0.2) is 0 Å². The Labute approximate surface area is 151 Å². The van der Waals surface area contributed by atoms with E-state index in [1.807, 2.05) is 22.9 Å². The van der Waals surface area contributed by atoms with E-state index < -0.39 is 11.9 Å². The molecule has 1 unspecified atom stereocenters. The van der Waals surface area contributed by atoms with Crippen molar-refractivity contribution in [2.45, 2.75) is 25.4 Å². The van der Waals surface area contributed by atoms with Crippen LogP contribution in [0.5, 0.6) is 0 Å². The maximum atomic E-state index is 12.6. The lowest BCUT2D eigenvalue weighted by molar-refractivity contribution is -0.137.